The van der Waals surface area contributed by atoms with Gasteiger partial charge < -0.3 is 9.47 Å². The number of hydrogen-bond donors (Lipinski definition) is 0. The van der Waals surface area contributed by atoms with E-state index in [0.29, 0.717) is 0 Å². The number of fused-ring (bicyclic) bond motifs is 3. The zero-order chi connectivity index (χ0) is 40.7. The number of aryl methyl sites for hydroxylation is 4. The van der Waals surface area contributed by atoms with Gasteiger partial charge in [0.15, 0.2) is 5.82 Å². The van der Waals surface area contributed by atoms with Gasteiger partial charge >= 0.3 is 0 Å². The first-order chi connectivity index (χ1) is 29.4. The van der Waals surface area contributed by atoms with Crippen molar-refractivity contribution in [1.29, 1.82) is 0 Å². The van der Waals surface area contributed by atoms with Crippen molar-refractivity contribution >= 4 is 38.9 Å². The lowest BCUT2D eigenvalue weighted by Crippen LogP contribution is -2.09. The molecule has 0 spiro atoms. The molecule has 0 N–H and O–H groups in total. The van der Waals surface area contributed by atoms with Crippen molar-refractivity contribution in [2.75, 3.05) is 4.90 Å². The van der Waals surface area contributed by atoms with Crippen molar-refractivity contribution in [3.05, 3.63) is 216 Å². The molecular weight excluding hydrogens is 729 g/mol. The van der Waals surface area contributed by atoms with Crippen molar-refractivity contribution < 1.29 is 0 Å². The average molecular weight is 773 g/mol. The standard InChI is InChI=1S/C56H44N4/c1-37-19-23-42(24-20-37)51-36-52(58-56(57-51)44-25-21-38(2)22-26-44)43-29-27-41(28-30-43)45-33-39(3)55(40(4)34-45)60-53-18-12-11-17-49(53)50-35-48(31-32-54(50)60)59(46-13-7-5-8-14-46)47-15-9-6-10-16-47/h5-36H,1-4H3. The first kappa shape index (κ1) is 36.8. The van der Waals surface area contributed by atoms with Crippen LogP contribution in [0.5, 0.6) is 0 Å². The van der Waals surface area contributed by atoms with Gasteiger partial charge in [-0.25, -0.2) is 9.97 Å². The van der Waals surface area contributed by atoms with Crippen molar-refractivity contribution in [2.45, 2.75) is 27.7 Å². The number of hydrogen-bond acceptors (Lipinski definition) is 3. The number of anilines is 3. The highest BCUT2D eigenvalue weighted by atomic mass is 15.1. The van der Waals surface area contributed by atoms with E-state index < -0.39 is 0 Å². The molecule has 2 aromatic heterocycles. The lowest BCUT2D eigenvalue weighted by molar-refractivity contribution is 1.12. The van der Waals surface area contributed by atoms with E-state index in [0.717, 1.165) is 56.5 Å². The lowest BCUT2D eigenvalue weighted by atomic mass is 9.97. The van der Waals surface area contributed by atoms with Gasteiger partial charge in [0, 0.05) is 44.5 Å². The normalized spacial score (nSPS) is 11.3. The maximum absolute atomic E-state index is 5.10. The second kappa shape index (κ2) is 15.3. The molecular formula is C56H44N4. The van der Waals surface area contributed by atoms with Crippen molar-refractivity contribution in [3.8, 4) is 50.7 Å². The summed E-state index contributed by atoms with van der Waals surface area (Å²) in [5.41, 5.74) is 19.1. The van der Waals surface area contributed by atoms with Gasteiger partial charge in [-0.3, -0.25) is 0 Å². The molecule has 0 bridgehead atoms. The fourth-order valence-corrected chi connectivity index (χ4v) is 8.55. The van der Waals surface area contributed by atoms with Crippen LogP contribution in [0, 0.1) is 27.7 Å². The van der Waals surface area contributed by atoms with E-state index >= 15 is 0 Å². The Morgan fingerprint density at radius 2 is 0.850 bits per heavy atom. The minimum Gasteiger partial charge on any atom is -0.310 e. The molecule has 0 amide bonds. The molecule has 4 nitrogen and oxygen atoms in total. The van der Waals surface area contributed by atoms with Crippen LogP contribution in [0.15, 0.2) is 194 Å². The summed E-state index contributed by atoms with van der Waals surface area (Å²) in [4.78, 5) is 12.5. The number of benzene rings is 8. The number of aromatic nitrogens is 3. The fourth-order valence-electron chi connectivity index (χ4n) is 8.55. The minimum atomic E-state index is 0.722. The van der Waals surface area contributed by atoms with Crippen LogP contribution in [0.1, 0.15) is 22.3 Å². The quantitative estimate of drug-likeness (QED) is 0.154. The molecule has 0 aliphatic rings. The summed E-state index contributed by atoms with van der Waals surface area (Å²) in [5.74, 6) is 0.722. The Kier molecular flexibility index (Phi) is 9.38. The van der Waals surface area contributed by atoms with Gasteiger partial charge in [0.2, 0.25) is 0 Å². The zero-order valence-corrected chi connectivity index (χ0v) is 34.3. The fraction of sp³-hybridized carbons (Fsp3) is 0.0714. The Balaban J connectivity index is 1.03. The topological polar surface area (TPSA) is 34.0 Å². The molecule has 288 valence electrons. The molecule has 0 atom stereocenters. The lowest BCUT2D eigenvalue weighted by Gasteiger charge is -2.25. The molecule has 4 heteroatoms. The van der Waals surface area contributed by atoms with Gasteiger partial charge in [-0.05, 0) is 117 Å². The Morgan fingerprint density at radius 3 is 1.43 bits per heavy atom. The maximum Gasteiger partial charge on any atom is 0.160 e. The monoisotopic (exact) mass is 772 g/mol. The highest BCUT2D eigenvalue weighted by Gasteiger charge is 2.20. The molecule has 0 aliphatic heterocycles. The number of para-hydroxylation sites is 3. The van der Waals surface area contributed by atoms with E-state index in [4.69, 9.17) is 9.97 Å². The third-order valence-electron chi connectivity index (χ3n) is 11.6. The largest absolute Gasteiger partial charge is 0.310 e. The van der Waals surface area contributed by atoms with Gasteiger partial charge in [0.05, 0.1) is 28.1 Å². The van der Waals surface area contributed by atoms with Crippen LogP contribution in [0.3, 0.4) is 0 Å². The van der Waals surface area contributed by atoms with E-state index in [1.165, 1.54) is 55.3 Å². The molecule has 0 saturated heterocycles. The summed E-state index contributed by atoms with van der Waals surface area (Å²) >= 11 is 0. The molecule has 0 saturated carbocycles. The molecule has 10 rings (SSSR count). The van der Waals surface area contributed by atoms with E-state index in [9.17, 15) is 0 Å². The van der Waals surface area contributed by atoms with Crippen LogP contribution in [0.2, 0.25) is 0 Å². The van der Waals surface area contributed by atoms with Crippen molar-refractivity contribution in [1.82, 2.24) is 14.5 Å². The average Bonchev–Trinajstić information content (AvgIpc) is 3.60. The van der Waals surface area contributed by atoms with Crippen molar-refractivity contribution in [2.24, 2.45) is 0 Å². The summed E-state index contributed by atoms with van der Waals surface area (Å²) in [6, 6.07) is 69.4. The molecule has 0 aliphatic carbocycles. The van der Waals surface area contributed by atoms with E-state index in [2.05, 4.69) is 231 Å². The van der Waals surface area contributed by atoms with Crippen LogP contribution >= 0.6 is 0 Å². The van der Waals surface area contributed by atoms with Crippen LogP contribution in [-0.2, 0) is 0 Å². The zero-order valence-electron chi connectivity index (χ0n) is 34.3. The van der Waals surface area contributed by atoms with Gasteiger partial charge in [-0.2, -0.15) is 0 Å². The first-order valence-corrected chi connectivity index (χ1v) is 20.6. The predicted octanol–water partition coefficient (Wildman–Crippen LogP) is 14.9. The SMILES string of the molecule is Cc1ccc(-c2cc(-c3ccc(-c4cc(C)c(-n5c6ccccc6c6cc(N(c7ccccc7)c7ccccc7)ccc65)c(C)c4)cc3)nc(-c3ccc(C)cc3)n2)cc1. The molecule has 60 heavy (non-hydrogen) atoms. The van der Waals surface area contributed by atoms with Crippen LogP contribution in [0.4, 0.5) is 17.1 Å². The molecule has 0 fully saturated rings. The smallest absolute Gasteiger partial charge is 0.160 e. The van der Waals surface area contributed by atoms with Gasteiger partial charge in [-0.1, -0.05) is 139 Å². The molecule has 10 aromatic rings. The first-order valence-electron chi connectivity index (χ1n) is 20.6. The highest BCUT2D eigenvalue weighted by Crippen LogP contribution is 2.41. The van der Waals surface area contributed by atoms with E-state index in [1.54, 1.807) is 0 Å². The Bertz CT molecular complexity index is 3020. The van der Waals surface area contributed by atoms with E-state index in [1.807, 2.05) is 0 Å². The van der Waals surface area contributed by atoms with Gasteiger partial charge in [0.1, 0.15) is 0 Å². The van der Waals surface area contributed by atoms with Crippen molar-refractivity contribution in [3.63, 3.8) is 0 Å². The third-order valence-corrected chi connectivity index (χ3v) is 11.6. The third kappa shape index (κ3) is 6.82. The summed E-state index contributed by atoms with van der Waals surface area (Å²) in [6.45, 7) is 8.68. The molecule has 2 heterocycles. The second-order valence-corrected chi connectivity index (χ2v) is 15.8. The minimum absolute atomic E-state index is 0.722. The summed E-state index contributed by atoms with van der Waals surface area (Å²) in [5, 5.41) is 2.45. The maximum atomic E-state index is 5.10. The molecule has 0 unspecified atom stereocenters. The molecule has 0 radical (unpaired) electrons. The summed E-state index contributed by atoms with van der Waals surface area (Å²) in [7, 11) is 0. The number of rotatable bonds is 8. The van der Waals surface area contributed by atoms with Gasteiger partial charge in [-0.15, -0.1) is 0 Å². The molecule has 8 aromatic carbocycles. The summed E-state index contributed by atoms with van der Waals surface area (Å²) < 4.78 is 2.45. The highest BCUT2D eigenvalue weighted by molar-refractivity contribution is 6.11. The van der Waals surface area contributed by atoms with Crippen LogP contribution < -0.4 is 4.90 Å². The Hall–Kier alpha value is -7.56. The second-order valence-electron chi connectivity index (χ2n) is 15.8. The number of nitrogens with zero attached hydrogens (tertiary/aromatic N) is 4. The van der Waals surface area contributed by atoms with Crippen LogP contribution in [0.25, 0.3) is 72.5 Å². The van der Waals surface area contributed by atoms with Gasteiger partial charge in [0.25, 0.3) is 0 Å². The Labute approximate surface area is 351 Å². The summed E-state index contributed by atoms with van der Waals surface area (Å²) in [6.07, 6.45) is 0. The van der Waals surface area contributed by atoms with E-state index in [-0.39, 0.29) is 0 Å². The van der Waals surface area contributed by atoms with Crippen LogP contribution in [-0.4, -0.2) is 14.5 Å². The Morgan fingerprint density at radius 1 is 0.367 bits per heavy atom. The predicted molar refractivity (Wildman–Crippen MR) is 252 cm³/mol.